The van der Waals surface area contributed by atoms with Crippen LogP contribution in [0.1, 0.15) is 28.1 Å². The van der Waals surface area contributed by atoms with Crippen LogP contribution in [0.3, 0.4) is 0 Å². The molecule has 0 aliphatic heterocycles. The highest BCUT2D eigenvalue weighted by molar-refractivity contribution is 5.92. The third-order valence-electron chi connectivity index (χ3n) is 4.35. The number of ether oxygens (including phenoxy) is 1. The van der Waals surface area contributed by atoms with Gasteiger partial charge in [-0.3, -0.25) is 4.79 Å². The lowest BCUT2D eigenvalue weighted by Crippen LogP contribution is -2.14. The molecule has 0 aliphatic carbocycles. The highest BCUT2D eigenvalue weighted by atomic mass is 19.4. The minimum atomic E-state index is -4.40. The van der Waals surface area contributed by atoms with E-state index in [4.69, 9.17) is 9.26 Å². The molecule has 0 bridgehead atoms. The number of nitrogens with one attached hydrogen (secondary N) is 1. The summed E-state index contributed by atoms with van der Waals surface area (Å²) in [6.45, 7) is 3.99. The normalized spacial score (nSPS) is 11.3. The van der Waals surface area contributed by atoms with Gasteiger partial charge in [-0.15, -0.1) is 0 Å². The van der Waals surface area contributed by atoms with Crippen molar-refractivity contribution < 1.29 is 27.2 Å². The number of aryl methyl sites for hydroxylation is 2. The minimum absolute atomic E-state index is 0.0885. The number of halogens is 3. The van der Waals surface area contributed by atoms with Gasteiger partial charge in [-0.25, -0.2) is 0 Å². The van der Waals surface area contributed by atoms with Crippen LogP contribution < -0.4 is 10.1 Å². The van der Waals surface area contributed by atoms with Gasteiger partial charge in [0, 0.05) is 5.69 Å². The molecule has 0 radical (unpaired) electrons. The average molecular weight is 404 g/mol. The molecule has 1 N–H and O–H groups in total. The molecule has 1 amide bonds. The monoisotopic (exact) mass is 404 g/mol. The van der Waals surface area contributed by atoms with E-state index in [0.29, 0.717) is 23.8 Å². The molecule has 8 heteroatoms. The predicted molar refractivity (Wildman–Crippen MR) is 101 cm³/mol. The fourth-order valence-electron chi connectivity index (χ4n) is 2.70. The Labute approximate surface area is 165 Å². The van der Waals surface area contributed by atoms with E-state index in [1.807, 2.05) is 13.8 Å². The third kappa shape index (κ3) is 5.37. The van der Waals surface area contributed by atoms with Crippen molar-refractivity contribution in [2.24, 2.45) is 0 Å². The van der Waals surface area contributed by atoms with Crippen molar-refractivity contribution in [3.05, 3.63) is 76.7 Å². The summed E-state index contributed by atoms with van der Waals surface area (Å²) in [6, 6.07) is 11.3. The number of rotatable bonds is 6. The van der Waals surface area contributed by atoms with Gasteiger partial charge in [0.15, 0.2) is 0 Å². The summed E-state index contributed by atoms with van der Waals surface area (Å²) in [4.78, 5) is 12.1. The van der Waals surface area contributed by atoms with E-state index in [-0.39, 0.29) is 12.3 Å². The highest BCUT2D eigenvalue weighted by Crippen LogP contribution is 2.29. The summed E-state index contributed by atoms with van der Waals surface area (Å²) in [5, 5.41) is 6.46. The standard InChI is InChI=1S/C21H19F3N2O3/c1-13-19(14(2)29-26-13)12-28-18-9-3-15(4-10-18)11-20(27)25-17-7-5-16(6-8-17)21(22,23)24/h3-10H,11-12H2,1-2H3,(H,25,27). The van der Waals surface area contributed by atoms with Crippen molar-refractivity contribution >= 4 is 11.6 Å². The number of amides is 1. The number of nitrogens with zero attached hydrogens (tertiary/aromatic N) is 1. The summed E-state index contributed by atoms with van der Waals surface area (Å²) >= 11 is 0. The molecule has 3 rings (SSSR count). The first kappa shape index (κ1) is 20.4. The fourth-order valence-corrected chi connectivity index (χ4v) is 2.70. The molecule has 152 valence electrons. The van der Waals surface area contributed by atoms with Gasteiger partial charge in [0.1, 0.15) is 18.1 Å². The topological polar surface area (TPSA) is 64.4 Å². The lowest BCUT2D eigenvalue weighted by Gasteiger charge is -2.09. The largest absolute Gasteiger partial charge is 0.489 e. The van der Waals surface area contributed by atoms with Gasteiger partial charge >= 0.3 is 6.18 Å². The Morgan fingerprint density at radius 1 is 1.07 bits per heavy atom. The lowest BCUT2D eigenvalue weighted by atomic mass is 10.1. The van der Waals surface area contributed by atoms with Crippen LogP contribution in [0.2, 0.25) is 0 Å². The Hall–Kier alpha value is -3.29. The molecule has 5 nitrogen and oxygen atoms in total. The van der Waals surface area contributed by atoms with Gasteiger partial charge in [-0.1, -0.05) is 17.3 Å². The lowest BCUT2D eigenvalue weighted by molar-refractivity contribution is -0.137. The first-order valence-electron chi connectivity index (χ1n) is 8.83. The highest BCUT2D eigenvalue weighted by Gasteiger charge is 2.29. The maximum absolute atomic E-state index is 12.6. The number of aromatic nitrogens is 1. The SMILES string of the molecule is Cc1noc(C)c1COc1ccc(CC(=O)Nc2ccc(C(F)(F)F)cc2)cc1. The Morgan fingerprint density at radius 3 is 2.28 bits per heavy atom. The summed E-state index contributed by atoms with van der Waals surface area (Å²) in [6.07, 6.45) is -4.32. The fraction of sp³-hybridized carbons (Fsp3) is 0.238. The van der Waals surface area contributed by atoms with Crippen molar-refractivity contribution in [1.29, 1.82) is 0 Å². The molecule has 0 saturated carbocycles. The molecular weight excluding hydrogens is 385 g/mol. The van der Waals surface area contributed by atoms with Gasteiger partial charge in [-0.05, 0) is 55.8 Å². The van der Waals surface area contributed by atoms with Gasteiger partial charge in [0.05, 0.1) is 23.2 Å². The summed E-state index contributed by atoms with van der Waals surface area (Å²) in [5.41, 5.74) is 1.97. The van der Waals surface area contributed by atoms with Crippen LogP contribution in [0.4, 0.5) is 18.9 Å². The van der Waals surface area contributed by atoms with Crippen LogP contribution in [-0.4, -0.2) is 11.1 Å². The zero-order chi connectivity index (χ0) is 21.0. The quantitative estimate of drug-likeness (QED) is 0.623. The second-order valence-corrected chi connectivity index (χ2v) is 6.54. The number of carbonyl (C=O) groups is 1. The van der Waals surface area contributed by atoms with Crippen molar-refractivity contribution in [3.63, 3.8) is 0 Å². The molecule has 0 saturated heterocycles. The molecule has 0 atom stereocenters. The van der Waals surface area contributed by atoms with E-state index in [0.717, 1.165) is 29.0 Å². The second-order valence-electron chi connectivity index (χ2n) is 6.54. The van der Waals surface area contributed by atoms with E-state index in [1.165, 1.54) is 12.1 Å². The van der Waals surface area contributed by atoms with Gasteiger partial charge in [0.25, 0.3) is 0 Å². The molecule has 3 aromatic rings. The van der Waals surface area contributed by atoms with Gasteiger partial charge in [0.2, 0.25) is 5.91 Å². The Kier molecular flexibility index (Phi) is 5.91. The molecule has 0 unspecified atom stereocenters. The van der Waals surface area contributed by atoms with Crippen LogP contribution in [0.5, 0.6) is 5.75 Å². The molecule has 29 heavy (non-hydrogen) atoms. The van der Waals surface area contributed by atoms with Crippen LogP contribution >= 0.6 is 0 Å². The van der Waals surface area contributed by atoms with E-state index < -0.39 is 11.7 Å². The zero-order valence-electron chi connectivity index (χ0n) is 15.8. The predicted octanol–water partition coefficient (Wildman–Crippen LogP) is 5.07. The molecule has 0 fully saturated rings. The number of anilines is 1. The van der Waals surface area contributed by atoms with Crippen LogP contribution in [0, 0.1) is 13.8 Å². The van der Waals surface area contributed by atoms with Crippen LogP contribution in [0.15, 0.2) is 53.1 Å². The van der Waals surface area contributed by atoms with Crippen molar-refractivity contribution in [2.75, 3.05) is 5.32 Å². The smallest absolute Gasteiger partial charge is 0.416 e. The van der Waals surface area contributed by atoms with E-state index in [2.05, 4.69) is 10.5 Å². The van der Waals surface area contributed by atoms with E-state index in [1.54, 1.807) is 24.3 Å². The summed E-state index contributed by atoms with van der Waals surface area (Å²) < 4.78 is 48.5. The van der Waals surface area contributed by atoms with Gasteiger partial charge < -0.3 is 14.6 Å². The van der Waals surface area contributed by atoms with Crippen molar-refractivity contribution in [1.82, 2.24) is 5.16 Å². The van der Waals surface area contributed by atoms with E-state index >= 15 is 0 Å². The molecule has 0 aliphatic rings. The van der Waals surface area contributed by atoms with Gasteiger partial charge in [-0.2, -0.15) is 13.2 Å². The molecule has 1 aromatic heterocycles. The number of alkyl halides is 3. The minimum Gasteiger partial charge on any atom is -0.489 e. The summed E-state index contributed by atoms with van der Waals surface area (Å²) in [5.74, 6) is 1.02. The molecule has 2 aromatic carbocycles. The number of benzene rings is 2. The molecule has 0 spiro atoms. The Balaban J connectivity index is 1.53. The maximum Gasteiger partial charge on any atom is 0.416 e. The van der Waals surface area contributed by atoms with E-state index in [9.17, 15) is 18.0 Å². The number of hydrogen-bond acceptors (Lipinski definition) is 4. The van der Waals surface area contributed by atoms with Crippen molar-refractivity contribution in [3.8, 4) is 5.75 Å². The third-order valence-corrected chi connectivity index (χ3v) is 4.35. The van der Waals surface area contributed by atoms with Crippen molar-refractivity contribution in [2.45, 2.75) is 33.1 Å². The summed E-state index contributed by atoms with van der Waals surface area (Å²) in [7, 11) is 0. The molecular formula is C21H19F3N2O3. The molecule has 1 heterocycles. The number of hydrogen-bond donors (Lipinski definition) is 1. The van der Waals surface area contributed by atoms with Crippen LogP contribution in [0.25, 0.3) is 0 Å². The Bertz CT molecular complexity index is 958. The Morgan fingerprint density at radius 2 is 1.72 bits per heavy atom. The zero-order valence-corrected chi connectivity index (χ0v) is 15.8. The van der Waals surface area contributed by atoms with Crippen LogP contribution in [-0.2, 0) is 24.0 Å². The number of carbonyl (C=O) groups excluding carboxylic acids is 1. The second kappa shape index (κ2) is 8.38. The average Bonchev–Trinajstić information content (AvgIpc) is 2.99. The first-order valence-corrected chi connectivity index (χ1v) is 8.83. The maximum atomic E-state index is 12.6. The first-order chi connectivity index (χ1) is 13.7.